The van der Waals surface area contributed by atoms with E-state index in [2.05, 4.69) is 4.74 Å². The summed E-state index contributed by atoms with van der Waals surface area (Å²) in [6.07, 6.45) is -5.98. The zero-order valence-electron chi connectivity index (χ0n) is 9.82. The van der Waals surface area contributed by atoms with E-state index in [4.69, 9.17) is 5.26 Å². The molecule has 1 aromatic rings. The van der Waals surface area contributed by atoms with Gasteiger partial charge < -0.3 is 9.84 Å². The van der Waals surface area contributed by atoms with Crippen molar-refractivity contribution in [3.8, 4) is 11.8 Å². The third-order valence-corrected chi connectivity index (χ3v) is 2.38. The molecule has 0 radical (unpaired) electrons. The fourth-order valence-electron chi connectivity index (χ4n) is 1.36. The van der Waals surface area contributed by atoms with Gasteiger partial charge in [-0.15, -0.1) is 13.2 Å². The first-order valence-corrected chi connectivity index (χ1v) is 5.11. The average Bonchev–Trinajstić information content (AvgIpc) is 2.26. The molecule has 18 heavy (non-hydrogen) atoms. The second kappa shape index (κ2) is 4.86. The number of hydrogen-bond donors (Lipinski definition) is 1. The van der Waals surface area contributed by atoms with E-state index in [1.54, 1.807) is 0 Å². The number of ether oxygens (including phenoxy) is 1. The molecule has 0 aliphatic rings. The Morgan fingerprint density at radius 1 is 1.33 bits per heavy atom. The molecule has 0 fully saturated rings. The Kier molecular flexibility index (Phi) is 3.87. The van der Waals surface area contributed by atoms with Gasteiger partial charge in [-0.3, -0.25) is 0 Å². The Morgan fingerprint density at radius 2 is 1.94 bits per heavy atom. The van der Waals surface area contributed by atoms with Crippen molar-refractivity contribution in [1.29, 1.82) is 5.26 Å². The van der Waals surface area contributed by atoms with E-state index in [0.717, 1.165) is 12.1 Å². The molecule has 0 saturated heterocycles. The molecule has 1 rings (SSSR count). The maximum absolute atomic E-state index is 12.0. The van der Waals surface area contributed by atoms with Crippen LogP contribution >= 0.6 is 0 Å². The van der Waals surface area contributed by atoms with Crippen LogP contribution in [0.3, 0.4) is 0 Å². The smallest absolute Gasteiger partial charge is 0.406 e. The van der Waals surface area contributed by atoms with Gasteiger partial charge in [0, 0.05) is 0 Å². The van der Waals surface area contributed by atoms with Crippen LogP contribution in [-0.2, 0) is 0 Å². The van der Waals surface area contributed by atoms with Crippen molar-refractivity contribution < 1.29 is 23.0 Å². The normalized spacial score (nSPS) is 13.8. The lowest BCUT2D eigenvalue weighted by atomic mass is 9.84. The molecular weight excluding hydrogens is 247 g/mol. The Balaban J connectivity index is 3.00. The van der Waals surface area contributed by atoms with E-state index in [-0.39, 0.29) is 5.56 Å². The highest BCUT2D eigenvalue weighted by atomic mass is 19.4. The van der Waals surface area contributed by atoms with Crippen molar-refractivity contribution in [3.05, 3.63) is 29.8 Å². The van der Waals surface area contributed by atoms with Crippen LogP contribution in [0.15, 0.2) is 24.3 Å². The Labute approximate surface area is 102 Å². The molecule has 1 unspecified atom stereocenters. The fourth-order valence-corrected chi connectivity index (χ4v) is 1.36. The standard InChI is InChI=1S/C12H12F3NO2/c1-11(2,7-16)10(17)8-4-3-5-9(6-8)18-12(13,14)15/h3-6,10,17H,1-2H3. The van der Waals surface area contributed by atoms with E-state index < -0.39 is 23.6 Å². The number of nitrogens with zero attached hydrogens (tertiary/aromatic N) is 1. The number of halogens is 3. The number of rotatable bonds is 3. The van der Waals surface area contributed by atoms with Gasteiger partial charge in [-0.1, -0.05) is 12.1 Å². The number of aliphatic hydroxyl groups excluding tert-OH is 1. The molecule has 1 atom stereocenters. The van der Waals surface area contributed by atoms with Crippen LogP contribution in [0.2, 0.25) is 0 Å². The van der Waals surface area contributed by atoms with Crippen LogP contribution in [0, 0.1) is 16.7 Å². The van der Waals surface area contributed by atoms with Gasteiger partial charge in [0.1, 0.15) is 5.75 Å². The number of alkyl halides is 3. The summed E-state index contributed by atoms with van der Waals surface area (Å²) in [4.78, 5) is 0. The highest BCUT2D eigenvalue weighted by Gasteiger charge is 2.32. The minimum absolute atomic E-state index is 0.198. The third-order valence-electron chi connectivity index (χ3n) is 2.38. The minimum atomic E-state index is -4.78. The van der Waals surface area contributed by atoms with Gasteiger partial charge in [-0.05, 0) is 31.5 Å². The van der Waals surface area contributed by atoms with Crippen molar-refractivity contribution in [1.82, 2.24) is 0 Å². The van der Waals surface area contributed by atoms with Crippen LogP contribution in [0.25, 0.3) is 0 Å². The summed E-state index contributed by atoms with van der Waals surface area (Å²) >= 11 is 0. The van der Waals surface area contributed by atoms with E-state index in [1.165, 1.54) is 26.0 Å². The molecule has 0 aromatic heterocycles. The Morgan fingerprint density at radius 3 is 2.44 bits per heavy atom. The quantitative estimate of drug-likeness (QED) is 0.907. The van der Waals surface area contributed by atoms with Crippen molar-refractivity contribution in [2.45, 2.75) is 26.3 Å². The lowest BCUT2D eigenvalue weighted by Crippen LogP contribution is -2.20. The average molecular weight is 259 g/mol. The lowest BCUT2D eigenvalue weighted by molar-refractivity contribution is -0.274. The molecular formula is C12H12F3NO2. The first-order chi connectivity index (χ1) is 8.15. The molecule has 0 aliphatic carbocycles. The summed E-state index contributed by atoms with van der Waals surface area (Å²) in [5, 5.41) is 18.8. The van der Waals surface area contributed by atoms with Crippen molar-refractivity contribution >= 4 is 0 Å². The zero-order valence-corrected chi connectivity index (χ0v) is 9.82. The van der Waals surface area contributed by atoms with E-state index >= 15 is 0 Å². The summed E-state index contributed by atoms with van der Waals surface area (Å²) in [5.41, 5.74) is -0.903. The first-order valence-electron chi connectivity index (χ1n) is 5.11. The molecule has 6 heteroatoms. The van der Waals surface area contributed by atoms with Crippen LogP contribution in [0.5, 0.6) is 5.75 Å². The SMILES string of the molecule is CC(C)(C#N)C(O)c1cccc(OC(F)(F)F)c1. The van der Waals surface area contributed by atoms with Crippen LogP contribution in [0.4, 0.5) is 13.2 Å². The molecule has 0 saturated carbocycles. The third kappa shape index (κ3) is 3.64. The van der Waals surface area contributed by atoms with Gasteiger partial charge in [0.15, 0.2) is 0 Å². The second-order valence-electron chi connectivity index (χ2n) is 4.36. The highest BCUT2D eigenvalue weighted by Crippen LogP contribution is 2.34. The van der Waals surface area contributed by atoms with Crippen molar-refractivity contribution in [2.24, 2.45) is 5.41 Å². The van der Waals surface area contributed by atoms with Gasteiger partial charge >= 0.3 is 6.36 Å². The van der Waals surface area contributed by atoms with Gasteiger partial charge in [0.25, 0.3) is 0 Å². The topological polar surface area (TPSA) is 53.2 Å². The summed E-state index contributed by atoms with van der Waals surface area (Å²) in [7, 11) is 0. The summed E-state index contributed by atoms with van der Waals surface area (Å²) in [5.74, 6) is -0.423. The first kappa shape index (κ1) is 14.3. The highest BCUT2D eigenvalue weighted by molar-refractivity contribution is 5.31. The van der Waals surface area contributed by atoms with Crippen LogP contribution in [0.1, 0.15) is 25.5 Å². The predicted molar refractivity (Wildman–Crippen MR) is 57.5 cm³/mol. The van der Waals surface area contributed by atoms with Gasteiger partial charge in [-0.25, -0.2) is 0 Å². The number of aliphatic hydroxyl groups is 1. The monoisotopic (exact) mass is 259 g/mol. The molecule has 1 N–H and O–H groups in total. The van der Waals surface area contributed by atoms with E-state index in [1.807, 2.05) is 6.07 Å². The predicted octanol–water partition coefficient (Wildman–Crippen LogP) is 3.17. The largest absolute Gasteiger partial charge is 0.573 e. The lowest BCUT2D eigenvalue weighted by Gasteiger charge is -2.23. The summed E-state index contributed by atoms with van der Waals surface area (Å²) < 4.78 is 39.9. The Hall–Kier alpha value is -1.74. The molecule has 0 amide bonds. The molecule has 0 heterocycles. The Bertz CT molecular complexity index is 463. The van der Waals surface area contributed by atoms with E-state index in [9.17, 15) is 18.3 Å². The molecule has 0 spiro atoms. The van der Waals surface area contributed by atoms with Crippen molar-refractivity contribution in [2.75, 3.05) is 0 Å². The molecule has 3 nitrogen and oxygen atoms in total. The van der Waals surface area contributed by atoms with Crippen molar-refractivity contribution in [3.63, 3.8) is 0 Å². The number of nitriles is 1. The molecule has 98 valence electrons. The number of hydrogen-bond acceptors (Lipinski definition) is 3. The van der Waals surface area contributed by atoms with E-state index in [0.29, 0.717) is 0 Å². The maximum atomic E-state index is 12.0. The molecule has 0 aliphatic heterocycles. The summed E-state index contributed by atoms with van der Waals surface area (Å²) in [6, 6.07) is 6.85. The van der Waals surface area contributed by atoms with Gasteiger partial charge in [0.2, 0.25) is 0 Å². The zero-order chi connectivity index (χ0) is 14.0. The van der Waals surface area contributed by atoms with Crippen LogP contribution < -0.4 is 4.74 Å². The minimum Gasteiger partial charge on any atom is -0.406 e. The summed E-state index contributed by atoms with van der Waals surface area (Å²) in [6.45, 7) is 2.99. The number of benzene rings is 1. The van der Waals surface area contributed by atoms with Gasteiger partial charge in [0.05, 0.1) is 17.6 Å². The molecule has 1 aromatic carbocycles. The van der Waals surface area contributed by atoms with Gasteiger partial charge in [-0.2, -0.15) is 5.26 Å². The molecule has 0 bridgehead atoms. The second-order valence-corrected chi connectivity index (χ2v) is 4.36. The maximum Gasteiger partial charge on any atom is 0.573 e. The van der Waals surface area contributed by atoms with Crippen LogP contribution in [-0.4, -0.2) is 11.5 Å². The fraction of sp³-hybridized carbons (Fsp3) is 0.417.